The Hall–Kier alpha value is -2.95. The summed E-state index contributed by atoms with van der Waals surface area (Å²) in [6, 6.07) is 10.9. The highest BCUT2D eigenvalue weighted by molar-refractivity contribution is 7.98. The minimum absolute atomic E-state index is 0.0406. The van der Waals surface area contributed by atoms with Crippen LogP contribution in [0.15, 0.2) is 58.6 Å². The normalized spacial score (nSPS) is 12.2. The number of methoxy groups -OCH3 is 1. The lowest BCUT2D eigenvalue weighted by molar-refractivity contribution is 0.154. The Labute approximate surface area is 198 Å². The molecule has 0 N–H and O–H groups in total. The van der Waals surface area contributed by atoms with Crippen molar-refractivity contribution in [3.8, 4) is 5.75 Å². The van der Waals surface area contributed by atoms with Crippen LogP contribution in [0.3, 0.4) is 0 Å². The van der Waals surface area contributed by atoms with E-state index in [1.54, 1.807) is 37.4 Å². The molecule has 4 rings (SSSR count). The van der Waals surface area contributed by atoms with E-state index in [9.17, 15) is 9.18 Å². The number of hydrogen-bond donors (Lipinski definition) is 0. The van der Waals surface area contributed by atoms with Crippen LogP contribution in [0, 0.1) is 5.82 Å². The fourth-order valence-electron chi connectivity index (χ4n) is 3.31. The maximum Gasteiger partial charge on any atom is 0.258 e. The lowest BCUT2D eigenvalue weighted by Gasteiger charge is -2.17. The van der Waals surface area contributed by atoms with Crippen molar-refractivity contribution in [3.05, 3.63) is 81.4 Å². The first-order valence-corrected chi connectivity index (χ1v) is 11.4. The molecule has 3 aromatic heterocycles. The summed E-state index contributed by atoms with van der Waals surface area (Å²) >= 11 is 7.36. The Balaban J connectivity index is 1.56. The predicted octanol–water partition coefficient (Wildman–Crippen LogP) is 4.16. The van der Waals surface area contributed by atoms with Crippen molar-refractivity contribution >= 4 is 29.0 Å². The molecule has 0 aliphatic carbocycles. The second kappa shape index (κ2) is 10.3. The van der Waals surface area contributed by atoms with Gasteiger partial charge in [-0.15, -0.1) is 10.2 Å². The minimum atomic E-state index is -0.446. The first-order valence-electron chi connectivity index (χ1n) is 10.1. The highest BCUT2D eigenvalue weighted by Gasteiger charge is 2.19. The van der Waals surface area contributed by atoms with E-state index in [1.807, 2.05) is 11.5 Å². The van der Waals surface area contributed by atoms with Gasteiger partial charge in [-0.05, 0) is 31.2 Å². The van der Waals surface area contributed by atoms with Crippen LogP contribution in [0.2, 0.25) is 5.02 Å². The van der Waals surface area contributed by atoms with Gasteiger partial charge in [-0.1, -0.05) is 35.5 Å². The molecule has 0 aliphatic heterocycles. The van der Waals surface area contributed by atoms with Crippen molar-refractivity contribution in [2.45, 2.75) is 30.5 Å². The number of aromatic nitrogens is 5. The zero-order valence-corrected chi connectivity index (χ0v) is 19.5. The molecule has 33 heavy (non-hydrogen) atoms. The Morgan fingerprint density at radius 1 is 1.21 bits per heavy atom. The Kier molecular flexibility index (Phi) is 7.26. The van der Waals surface area contributed by atoms with Gasteiger partial charge in [0.25, 0.3) is 5.56 Å². The average molecular weight is 490 g/mol. The van der Waals surface area contributed by atoms with Crippen LogP contribution in [-0.4, -0.2) is 37.9 Å². The number of ether oxygens (including phenoxy) is 2. The Bertz CT molecular complexity index is 1330. The van der Waals surface area contributed by atoms with E-state index >= 15 is 0 Å². The van der Waals surface area contributed by atoms with Crippen LogP contribution in [-0.2, 0) is 17.1 Å². The van der Waals surface area contributed by atoms with Crippen LogP contribution in [0.1, 0.15) is 24.5 Å². The molecule has 0 saturated carbocycles. The van der Waals surface area contributed by atoms with Crippen molar-refractivity contribution in [3.63, 3.8) is 0 Å². The summed E-state index contributed by atoms with van der Waals surface area (Å²) in [5.74, 6) is 0.631. The van der Waals surface area contributed by atoms with Gasteiger partial charge in [0, 0.05) is 25.1 Å². The van der Waals surface area contributed by atoms with Gasteiger partial charge in [-0.25, -0.2) is 9.37 Å². The van der Waals surface area contributed by atoms with E-state index in [0.29, 0.717) is 39.7 Å². The van der Waals surface area contributed by atoms with E-state index in [2.05, 4.69) is 15.2 Å². The van der Waals surface area contributed by atoms with E-state index in [1.165, 1.54) is 34.5 Å². The zero-order chi connectivity index (χ0) is 23.4. The molecule has 3 heterocycles. The largest absolute Gasteiger partial charge is 0.483 e. The molecule has 11 heteroatoms. The van der Waals surface area contributed by atoms with Gasteiger partial charge in [0.05, 0.1) is 23.4 Å². The molecule has 1 atom stereocenters. The summed E-state index contributed by atoms with van der Waals surface area (Å²) in [4.78, 5) is 17.0. The second-order valence-electron chi connectivity index (χ2n) is 7.24. The molecule has 0 fully saturated rings. The van der Waals surface area contributed by atoms with Gasteiger partial charge in [-0.3, -0.25) is 13.8 Å². The third-order valence-corrected chi connectivity index (χ3v) is 6.00. The first-order chi connectivity index (χ1) is 16.0. The topological polar surface area (TPSA) is 83.5 Å². The Morgan fingerprint density at radius 3 is 2.82 bits per heavy atom. The molecule has 0 bridgehead atoms. The molecule has 0 saturated heterocycles. The number of fused-ring (bicyclic) bond motifs is 1. The van der Waals surface area contributed by atoms with Gasteiger partial charge in [-0.2, -0.15) is 0 Å². The fraction of sp³-hybridized carbons (Fsp3) is 0.273. The molecule has 0 radical (unpaired) electrons. The Morgan fingerprint density at radius 2 is 2.03 bits per heavy atom. The summed E-state index contributed by atoms with van der Waals surface area (Å²) in [6.07, 6.45) is 1.54. The molecule has 8 nitrogen and oxygen atoms in total. The van der Waals surface area contributed by atoms with Gasteiger partial charge in [0.2, 0.25) is 0 Å². The number of pyridine rings is 1. The first kappa shape index (κ1) is 23.2. The van der Waals surface area contributed by atoms with Crippen molar-refractivity contribution in [1.29, 1.82) is 0 Å². The third-order valence-electron chi connectivity index (χ3n) is 4.80. The lowest BCUT2D eigenvalue weighted by Crippen LogP contribution is -2.17. The molecule has 0 unspecified atom stereocenters. The maximum absolute atomic E-state index is 13.9. The SMILES string of the molecule is COC[C@@H](C)n1c(COc2ccccc2F)nnc1SCc1cc(=O)n2cc(Cl)ccc2n1. The third kappa shape index (κ3) is 5.35. The van der Waals surface area contributed by atoms with E-state index < -0.39 is 5.82 Å². The molecule has 0 amide bonds. The highest BCUT2D eigenvalue weighted by atomic mass is 35.5. The molecular formula is C22H21ClFN5O3S. The van der Waals surface area contributed by atoms with Crippen molar-refractivity contribution in [2.75, 3.05) is 13.7 Å². The standard InChI is InChI=1S/C22H21ClFN5O3S/c1-14(11-31-2)29-20(12-32-18-6-4-3-5-17(18)24)26-27-22(29)33-13-16-9-21(30)28-10-15(23)7-8-19(28)25-16/h3-10,14H,11-13H2,1-2H3/t14-/m1/s1. The summed E-state index contributed by atoms with van der Waals surface area (Å²) < 4.78 is 28.1. The predicted molar refractivity (Wildman–Crippen MR) is 123 cm³/mol. The monoisotopic (exact) mass is 489 g/mol. The number of nitrogens with zero attached hydrogens (tertiary/aromatic N) is 5. The quantitative estimate of drug-likeness (QED) is 0.326. The zero-order valence-electron chi connectivity index (χ0n) is 17.9. The summed E-state index contributed by atoms with van der Waals surface area (Å²) in [7, 11) is 1.61. The van der Waals surface area contributed by atoms with Crippen molar-refractivity contribution < 1.29 is 13.9 Å². The van der Waals surface area contributed by atoms with Crippen LogP contribution < -0.4 is 10.3 Å². The number of hydrogen-bond acceptors (Lipinski definition) is 7. The number of para-hydroxylation sites is 1. The van der Waals surface area contributed by atoms with Gasteiger partial charge >= 0.3 is 0 Å². The van der Waals surface area contributed by atoms with Gasteiger partial charge in [0.15, 0.2) is 22.5 Å². The summed E-state index contributed by atoms with van der Waals surface area (Å²) in [6.45, 7) is 2.43. The number of thioether (sulfide) groups is 1. The minimum Gasteiger partial charge on any atom is -0.483 e. The fourth-order valence-corrected chi connectivity index (χ4v) is 4.41. The van der Waals surface area contributed by atoms with E-state index in [4.69, 9.17) is 21.1 Å². The van der Waals surface area contributed by atoms with Crippen LogP contribution in [0.4, 0.5) is 4.39 Å². The van der Waals surface area contributed by atoms with Crippen molar-refractivity contribution in [2.24, 2.45) is 0 Å². The molecular weight excluding hydrogens is 469 g/mol. The van der Waals surface area contributed by atoms with E-state index in [0.717, 1.165) is 0 Å². The highest BCUT2D eigenvalue weighted by Crippen LogP contribution is 2.26. The number of rotatable bonds is 9. The molecule has 1 aromatic carbocycles. The van der Waals surface area contributed by atoms with Gasteiger partial charge < -0.3 is 9.47 Å². The molecule has 0 aliphatic rings. The smallest absolute Gasteiger partial charge is 0.258 e. The number of benzene rings is 1. The van der Waals surface area contributed by atoms with E-state index in [-0.39, 0.29) is 24.0 Å². The summed E-state index contributed by atoms with van der Waals surface area (Å²) in [5.41, 5.74) is 0.896. The number of halogens is 2. The summed E-state index contributed by atoms with van der Waals surface area (Å²) in [5, 5.41) is 9.60. The van der Waals surface area contributed by atoms with Crippen LogP contribution in [0.25, 0.3) is 5.65 Å². The second-order valence-corrected chi connectivity index (χ2v) is 8.62. The molecule has 0 spiro atoms. The van der Waals surface area contributed by atoms with Crippen molar-refractivity contribution in [1.82, 2.24) is 24.1 Å². The molecule has 172 valence electrons. The van der Waals surface area contributed by atoms with Gasteiger partial charge in [0.1, 0.15) is 12.3 Å². The van der Waals surface area contributed by atoms with Crippen LogP contribution >= 0.6 is 23.4 Å². The lowest BCUT2D eigenvalue weighted by atomic mass is 10.3. The maximum atomic E-state index is 13.9. The van der Waals surface area contributed by atoms with Crippen LogP contribution in [0.5, 0.6) is 5.75 Å². The molecule has 4 aromatic rings. The average Bonchev–Trinajstić information content (AvgIpc) is 3.21.